The van der Waals surface area contributed by atoms with Crippen LogP contribution in [0.5, 0.6) is 5.75 Å². The quantitative estimate of drug-likeness (QED) is 0.717. The Kier molecular flexibility index (Phi) is 3.42. The number of phenolic OH excluding ortho intramolecular Hbond substituents is 1. The van der Waals surface area contributed by atoms with Crippen LogP contribution in [0.15, 0.2) is 18.2 Å². The Morgan fingerprint density at radius 1 is 1.42 bits per heavy atom. The summed E-state index contributed by atoms with van der Waals surface area (Å²) >= 11 is 5.56. The standard InChI is InChI=1S/C10H13ClO/c1-8-4-5-9(3-2-6-11)7-10(8)12/h4-5,7,12H,2-3,6H2,1H3. The number of alkyl halides is 1. The SMILES string of the molecule is Cc1ccc(CCCCl)cc1O. The van der Waals surface area contributed by atoms with Gasteiger partial charge >= 0.3 is 0 Å². The number of halogens is 1. The lowest BCUT2D eigenvalue weighted by atomic mass is 10.1. The average molecular weight is 185 g/mol. The van der Waals surface area contributed by atoms with Crippen LogP contribution < -0.4 is 0 Å². The molecule has 2 heteroatoms. The summed E-state index contributed by atoms with van der Waals surface area (Å²) in [6.45, 7) is 1.89. The molecule has 0 aliphatic carbocycles. The lowest BCUT2D eigenvalue weighted by Crippen LogP contribution is -1.86. The minimum atomic E-state index is 0.377. The number of hydrogen-bond acceptors (Lipinski definition) is 1. The fraction of sp³-hybridized carbons (Fsp3) is 0.400. The molecule has 12 heavy (non-hydrogen) atoms. The maximum Gasteiger partial charge on any atom is 0.118 e. The second-order valence-electron chi connectivity index (χ2n) is 2.91. The predicted molar refractivity (Wildman–Crippen MR) is 51.9 cm³/mol. The van der Waals surface area contributed by atoms with Gasteiger partial charge in [-0.3, -0.25) is 0 Å². The molecule has 0 saturated heterocycles. The van der Waals surface area contributed by atoms with Gasteiger partial charge in [0.1, 0.15) is 5.75 Å². The monoisotopic (exact) mass is 184 g/mol. The molecule has 0 aliphatic heterocycles. The molecule has 0 fully saturated rings. The number of aromatic hydroxyl groups is 1. The first kappa shape index (κ1) is 9.40. The van der Waals surface area contributed by atoms with Crippen LogP contribution in [0.3, 0.4) is 0 Å². The van der Waals surface area contributed by atoms with Crippen LogP contribution in [-0.4, -0.2) is 11.0 Å². The highest BCUT2D eigenvalue weighted by Gasteiger charge is 1.97. The van der Waals surface area contributed by atoms with Crippen molar-refractivity contribution >= 4 is 11.6 Å². The highest BCUT2D eigenvalue weighted by Crippen LogP contribution is 2.18. The van der Waals surface area contributed by atoms with Crippen LogP contribution >= 0.6 is 11.6 Å². The van der Waals surface area contributed by atoms with Crippen molar-refractivity contribution in [3.63, 3.8) is 0 Å². The molecule has 1 nitrogen and oxygen atoms in total. The zero-order valence-electron chi connectivity index (χ0n) is 7.18. The summed E-state index contributed by atoms with van der Waals surface area (Å²) in [6, 6.07) is 5.77. The van der Waals surface area contributed by atoms with Crippen molar-refractivity contribution in [2.75, 3.05) is 5.88 Å². The van der Waals surface area contributed by atoms with Crippen molar-refractivity contribution in [1.29, 1.82) is 0 Å². The minimum Gasteiger partial charge on any atom is -0.508 e. The third kappa shape index (κ3) is 2.42. The molecule has 0 heterocycles. The summed E-state index contributed by atoms with van der Waals surface area (Å²) in [5.41, 5.74) is 2.07. The van der Waals surface area contributed by atoms with E-state index in [-0.39, 0.29) is 0 Å². The van der Waals surface area contributed by atoms with Crippen molar-refractivity contribution in [2.45, 2.75) is 19.8 Å². The molecular formula is C10H13ClO. The summed E-state index contributed by atoms with van der Waals surface area (Å²) in [4.78, 5) is 0. The van der Waals surface area contributed by atoms with Crippen LogP contribution in [0.4, 0.5) is 0 Å². The van der Waals surface area contributed by atoms with E-state index in [1.807, 2.05) is 25.1 Å². The molecule has 0 amide bonds. The van der Waals surface area contributed by atoms with E-state index in [0.717, 1.165) is 24.0 Å². The number of rotatable bonds is 3. The van der Waals surface area contributed by atoms with Gasteiger partial charge < -0.3 is 5.11 Å². The molecule has 0 spiro atoms. The van der Waals surface area contributed by atoms with E-state index in [1.54, 1.807) is 0 Å². The van der Waals surface area contributed by atoms with E-state index in [2.05, 4.69) is 0 Å². The molecule has 66 valence electrons. The average Bonchev–Trinajstić information content (AvgIpc) is 2.07. The van der Waals surface area contributed by atoms with E-state index in [0.29, 0.717) is 11.6 Å². The first-order valence-electron chi connectivity index (χ1n) is 4.08. The van der Waals surface area contributed by atoms with Crippen molar-refractivity contribution in [3.05, 3.63) is 29.3 Å². The molecule has 1 aromatic carbocycles. The number of phenols is 1. The van der Waals surface area contributed by atoms with Crippen LogP contribution in [0.1, 0.15) is 17.5 Å². The normalized spacial score (nSPS) is 10.2. The molecule has 0 saturated carbocycles. The van der Waals surface area contributed by atoms with Gasteiger partial charge in [0.15, 0.2) is 0 Å². The third-order valence-corrected chi connectivity index (χ3v) is 2.14. The lowest BCUT2D eigenvalue weighted by molar-refractivity contribution is 0.470. The van der Waals surface area contributed by atoms with Gasteiger partial charge in [0.25, 0.3) is 0 Å². The van der Waals surface area contributed by atoms with Crippen LogP contribution in [-0.2, 0) is 6.42 Å². The van der Waals surface area contributed by atoms with Crippen molar-refractivity contribution in [1.82, 2.24) is 0 Å². The van der Waals surface area contributed by atoms with Gasteiger partial charge in [-0.05, 0) is 37.0 Å². The summed E-state index contributed by atoms with van der Waals surface area (Å²) < 4.78 is 0. The van der Waals surface area contributed by atoms with E-state index in [9.17, 15) is 5.11 Å². The zero-order valence-corrected chi connectivity index (χ0v) is 7.93. The summed E-state index contributed by atoms with van der Waals surface area (Å²) in [6.07, 6.45) is 1.90. The summed E-state index contributed by atoms with van der Waals surface area (Å²) in [7, 11) is 0. The molecule has 0 bridgehead atoms. The van der Waals surface area contributed by atoms with E-state index >= 15 is 0 Å². The number of hydrogen-bond donors (Lipinski definition) is 1. The van der Waals surface area contributed by atoms with Crippen LogP contribution in [0, 0.1) is 6.92 Å². The second kappa shape index (κ2) is 4.36. The van der Waals surface area contributed by atoms with Gasteiger partial charge in [-0.25, -0.2) is 0 Å². The van der Waals surface area contributed by atoms with Gasteiger partial charge in [0.05, 0.1) is 0 Å². The summed E-state index contributed by atoms with van der Waals surface area (Å²) in [5, 5.41) is 9.37. The van der Waals surface area contributed by atoms with Crippen molar-refractivity contribution in [2.24, 2.45) is 0 Å². The fourth-order valence-electron chi connectivity index (χ4n) is 1.08. The van der Waals surface area contributed by atoms with E-state index < -0.39 is 0 Å². The highest BCUT2D eigenvalue weighted by atomic mass is 35.5. The largest absolute Gasteiger partial charge is 0.508 e. The molecule has 0 unspecified atom stereocenters. The van der Waals surface area contributed by atoms with Gasteiger partial charge in [-0.2, -0.15) is 0 Å². The van der Waals surface area contributed by atoms with Gasteiger partial charge in [0.2, 0.25) is 0 Å². The van der Waals surface area contributed by atoms with E-state index in [1.165, 1.54) is 0 Å². The molecule has 1 rings (SSSR count). The zero-order chi connectivity index (χ0) is 8.97. The van der Waals surface area contributed by atoms with Gasteiger partial charge in [0, 0.05) is 5.88 Å². The third-order valence-electron chi connectivity index (χ3n) is 1.87. The number of benzene rings is 1. The highest BCUT2D eigenvalue weighted by molar-refractivity contribution is 6.17. The molecular weight excluding hydrogens is 172 g/mol. The Balaban J connectivity index is 2.69. The fourth-order valence-corrected chi connectivity index (χ4v) is 1.22. The molecule has 0 aliphatic rings. The van der Waals surface area contributed by atoms with Crippen molar-refractivity contribution in [3.8, 4) is 5.75 Å². The maximum absolute atomic E-state index is 9.37. The summed E-state index contributed by atoms with van der Waals surface area (Å²) in [5.74, 6) is 1.05. The minimum absolute atomic E-state index is 0.377. The smallest absolute Gasteiger partial charge is 0.118 e. The van der Waals surface area contributed by atoms with Gasteiger partial charge in [-0.15, -0.1) is 11.6 Å². The van der Waals surface area contributed by atoms with E-state index in [4.69, 9.17) is 11.6 Å². The molecule has 1 aromatic rings. The molecule has 0 radical (unpaired) electrons. The Morgan fingerprint density at radius 2 is 2.17 bits per heavy atom. The topological polar surface area (TPSA) is 20.2 Å². The Hall–Kier alpha value is -0.690. The maximum atomic E-state index is 9.37. The van der Waals surface area contributed by atoms with Gasteiger partial charge in [-0.1, -0.05) is 12.1 Å². The second-order valence-corrected chi connectivity index (χ2v) is 3.29. The lowest BCUT2D eigenvalue weighted by Gasteiger charge is -2.02. The molecule has 0 aromatic heterocycles. The van der Waals surface area contributed by atoms with Crippen LogP contribution in [0.25, 0.3) is 0 Å². The Morgan fingerprint density at radius 3 is 2.75 bits per heavy atom. The Bertz CT molecular complexity index is 258. The first-order valence-corrected chi connectivity index (χ1v) is 4.62. The first-order chi connectivity index (χ1) is 5.74. The predicted octanol–water partition coefficient (Wildman–Crippen LogP) is 2.87. The molecule has 0 atom stereocenters. The number of aryl methyl sites for hydroxylation is 2. The Labute approximate surface area is 78.0 Å². The molecule has 1 N–H and O–H groups in total. The van der Waals surface area contributed by atoms with Crippen LogP contribution in [0.2, 0.25) is 0 Å². The van der Waals surface area contributed by atoms with Crippen molar-refractivity contribution < 1.29 is 5.11 Å².